The van der Waals surface area contributed by atoms with Crippen LogP contribution < -0.4 is 27.2 Å². The zero-order valence-corrected chi connectivity index (χ0v) is 21.3. The predicted molar refractivity (Wildman–Crippen MR) is 142 cm³/mol. The number of carbonyl (C=O) groups is 2. The normalized spacial score (nSPS) is 12.5. The first-order valence-corrected chi connectivity index (χ1v) is 12.1. The summed E-state index contributed by atoms with van der Waals surface area (Å²) in [6.45, 7) is 3.69. The SMILES string of the molecule is Cc1cc(C(=O)N[C@H](C(N)=O)[C@@H](C)O)ccc1-c1cccc(COc2ccc(Cn3oc(=O)[nH]c3=O)cc2)c1. The lowest BCUT2D eigenvalue weighted by Gasteiger charge is -2.18. The predicted octanol–water partition coefficient (Wildman–Crippen LogP) is 1.70. The van der Waals surface area contributed by atoms with Crippen molar-refractivity contribution in [3.05, 3.63) is 110 Å². The monoisotopic (exact) mass is 532 g/mol. The number of aromatic amines is 1. The van der Waals surface area contributed by atoms with Crippen molar-refractivity contribution < 1.29 is 24.0 Å². The van der Waals surface area contributed by atoms with Gasteiger partial charge < -0.3 is 25.4 Å². The molecule has 11 nitrogen and oxygen atoms in total. The lowest BCUT2D eigenvalue weighted by molar-refractivity contribution is -0.122. The highest BCUT2D eigenvalue weighted by molar-refractivity contribution is 5.98. The number of hydrogen-bond acceptors (Lipinski definition) is 7. The number of aromatic nitrogens is 2. The molecular formula is C28H28N4O7. The fraction of sp³-hybridized carbons (Fsp3) is 0.214. The Bertz CT molecular complexity index is 1600. The summed E-state index contributed by atoms with van der Waals surface area (Å²) in [4.78, 5) is 48.8. The van der Waals surface area contributed by atoms with Crippen LogP contribution >= 0.6 is 0 Å². The number of carbonyl (C=O) groups excluding carboxylic acids is 2. The second-order valence-electron chi connectivity index (χ2n) is 9.10. The van der Waals surface area contributed by atoms with E-state index in [2.05, 4.69) is 5.32 Å². The summed E-state index contributed by atoms with van der Waals surface area (Å²) < 4.78 is 11.6. The molecular weight excluding hydrogens is 504 g/mol. The van der Waals surface area contributed by atoms with E-state index >= 15 is 0 Å². The van der Waals surface area contributed by atoms with Crippen molar-refractivity contribution >= 4 is 11.8 Å². The second kappa shape index (κ2) is 11.7. The number of aliphatic hydroxyl groups is 1. The summed E-state index contributed by atoms with van der Waals surface area (Å²) in [5.74, 6) is -1.49. The number of ether oxygens (including phenoxy) is 1. The maximum atomic E-state index is 12.6. The average Bonchev–Trinajstić information content (AvgIpc) is 3.22. The molecule has 2 atom stereocenters. The van der Waals surface area contributed by atoms with Crippen LogP contribution in [0.3, 0.4) is 0 Å². The lowest BCUT2D eigenvalue weighted by Crippen LogP contribution is -2.50. The molecule has 1 heterocycles. The maximum Gasteiger partial charge on any atom is 0.440 e. The summed E-state index contributed by atoms with van der Waals surface area (Å²) >= 11 is 0. The van der Waals surface area contributed by atoms with Gasteiger partial charge in [-0.3, -0.25) is 9.59 Å². The minimum absolute atomic E-state index is 0.117. The summed E-state index contributed by atoms with van der Waals surface area (Å²) in [6.07, 6.45) is -1.12. The number of nitrogens with one attached hydrogen (secondary N) is 2. The Kier molecular flexibility index (Phi) is 8.11. The molecule has 0 aliphatic carbocycles. The Morgan fingerprint density at radius 2 is 1.82 bits per heavy atom. The van der Waals surface area contributed by atoms with Gasteiger partial charge in [-0.05, 0) is 72.0 Å². The fourth-order valence-corrected chi connectivity index (χ4v) is 4.05. The molecule has 0 aliphatic heterocycles. The van der Waals surface area contributed by atoms with Gasteiger partial charge >= 0.3 is 11.4 Å². The van der Waals surface area contributed by atoms with Crippen LogP contribution in [0.1, 0.15) is 34.0 Å². The van der Waals surface area contributed by atoms with Crippen molar-refractivity contribution in [1.82, 2.24) is 15.0 Å². The van der Waals surface area contributed by atoms with Gasteiger partial charge in [-0.2, -0.15) is 0 Å². The summed E-state index contributed by atoms with van der Waals surface area (Å²) in [5.41, 5.74) is 9.40. The molecule has 0 fully saturated rings. The van der Waals surface area contributed by atoms with Gasteiger partial charge in [-0.25, -0.2) is 14.6 Å². The molecule has 5 N–H and O–H groups in total. The van der Waals surface area contributed by atoms with Gasteiger partial charge in [0.15, 0.2) is 0 Å². The van der Waals surface area contributed by atoms with Crippen molar-refractivity contribution in [2.24, 2.45) is 5.73 Å². The van der Waals surface area contributed by atoms with Crippen LogP contribution in [0.15, 0.2) is 80.8 Å². The van der Waals surface area contributed by atoms with E-state index in [0.29, 0.717) is 17.9 Å². The highest BCUT2D eigenvalue weighted by atomic mass is 16.5. The van der Waals surface area contributed by atoms with E-state index in [-0.39, 0.29) is 6.54 Å². The van der Waals surface area contributed by atoms with Crippen molar-refractivity contribution in [2.75, 3.05) is 0 Å². The molecule has 202 valence electrons. The van der Waals surface area contributed by atoms with Crippen LogP contribution in [0, 0.1) is 6.92 Å². The van der Waals surface area contributed by atoms with Crippen LogP contribution in [0.4, 0.5) is 0 Å². The lowest BCUT2D eigenvalue weighted by atomic mass is 9.97. The van der Waals surface area contributed by atoms with E-state index < -0.39 is 35.4 Å². The number of nitrogens with zero attached hydrogens (tertiary/aromatic N) is 1. The Morgan fingerprint density at radius 1 is 1.08 bits per heavy atom. The number of aryl methyl sites for hydroxylation is 1. The number of amides is 2. The molecule has 4 aromatic rings. The third kappa shape index (κ3) is 6.70. The van der Waals surface area contributed by atoms with Crippen LogP contribution in [0.2, 0.25) is 0 Å². The summed E-state index contributed by atoms with van der Waals surface area (Å²) in [5, 5.41) is 12.2. The van der Waals surface area contributed by atoms with Crippen LogP contribution in [0.25, 0.3) is 11.1 Å². The van der Waals surface area contributed by atoms with Crippen LogP contribution in [-0.2, 0) is 17.9 Å². The minimum atomic E-state index is -1.18. The van der Waals surface area contributed by atoms with Crippen molar-refractivity contribution in [3.63, 3.8) is 0 Å². The first-order chi connectivity index (χ1) is 18.6. The molecule has 1 aromatic heterocycles. The van der Waals surface area contributed by atoms with Gasteiger partial charge in [0, 0.05) is 5.56 Å². The van der Waals surface area contributed by atoms with E-state index in [1.165, 1.54) is 6.92 Å². The topological polar surface area (TPSA) is 170 Å². The molecule has 0 bridgehead atoms. The second-order valence-corrected chi connectivity index (χ2v) is 9.10. The first-order valence-electron chi connectivity index (χ1n) is 12.1. The quantitative estimate of drug-likeness (QED) is 0.241. The minimum Gasteiger partial charge on any atom is -0.489 e. The molecule has 39 heavy (non-hydrogen) atoms. The van der Waals surface area contributed by atoms with E-state index in [4.69, 9.17) is 15.0 Å². The van der Waals surface area contributed by atoms with Crippen molar-refractivity contribution in [2.45, 2.75) is 39.1 Å². The number of benzene rings is 3. The number of rotatable bonds is 10. The Labute approximate surface area is 222 Å². The number of hydrogen-bond donors (Lipinski definition) is 4. The number of nitrogens with two attached hydrogens (primary N) is 1. The van der Waals surface area contributed by atoms with Crippen LogP contribution in [0.5, 0.6) is 5.75 Å². The van der Waals surface area contributed by atoms with Gasteiger partial charge in [0.2, 0.25) is 5.91 Å². The van der Waals surface area contributed by atoms with Crippen LogP contribution in [-0.4, -0.2) is 38.8 Å². The Morgan fingerprint density at radius 3 is 2.44 bits per heavy atom. The molecule has 0 radical (unpaired) electrons. The van der Waals surface area contributed by atoms with Crippen molar-refractivity contribution in [1.29, 1.82) is 0 Å². The fourth-order valence-electron chi connectivity index (χ4n) is 4.05. The molecule has 0 saturated carbocycles. The highest BCUT2D eigenvalue weighted by Gasteiger charge is 2.24. The number of H-pyrrole nitrogens is 1. The zero-order valence-electron chi connectivity index (χ0n) is 21.3. The number of aliphatic hydroxyl groups excluding tert-OH is 1. The van der Waals surface area contributed by atoms with Gasteiger partial charge in [-0.15, -0.1) is 4.74 Å². The van der Waals surface area contributed by atoms with Gasteiger partial charge in [0.25, 0.3) is 5.91 Å². The van der Waals surface area contributed by atoms with E-state index in [0.717, 1.165) is 32.6 Å². The largest absolute Gasteiger partial charge is 0.489 e. The van der Waals surface area contributed by atoms with Gasteiger partial charge in [-0.1, -0.05) is 36.4 Å². The molecule has 0 saturated heterocycles. The van der Waals surface area contributed by atoms with Gasteiger partial charge in [0.05, 0.1) is 12.6 Å². The first kappa shape index (κ1) is 27.1. The molecule has 4 rings (SSSR count). The van der Waals surface area contributed by atoms with E-state index in [9.17, 15) is 24.3 Å². The molecule has 0 spiro atoms. The number of primary amides is 1. The third-order valence-corrected chi connectivity index (χ3v) is 6.09. The van der Waals surface area contributed by atoms with Gasteiger partial charge in [0.1, 0.15) is 18.4 Å². The summed E-state index contributed by atoms with van der Waals surface area (Å²) in [6, 6.07) is 18.9. The molecule has 0 aliphatic rings. The standard InChI is InChI=1S/C28H28N4O7/c1-16-12-21(26(35)30-24(17(2)33)25(29)34)8-11-23(16)20-5-3-4-19(13-20)15-38-22-9-6-18(7-10-22)14-32-27(36)31-28(37)39-32/h3-13,17,24,33H,14-15H2,1-2H3,(H2,29,34)(H,30,35)(H,31,36,37)/t17-,24+/m1/s1. The summed E-state index contributed by atoms with van der Waals surface area (Å²) in [7, 11) is 0. The molecule has 3 aromatic carbocycles. The molecule has 0 unspecified atom stereocenters. The van der Waals surface area contributed by atoms with E-state index in [1.54, 1.807) is 36.4 Å². The third-order valence-electron chi connectivity index (χ3n) is 6.09. The molecule has 11 heteroatoms. The Hall–Kier alpha value is -4.90. The molecule has 2 amide bonds. The zero-order chi connectivity index (χ0) is 28.1. The smallest absolute Gasteiger partial charge is 0.440 e. The van der Waals surface area contributed by atoms with E-state index in [1.807, 2.05) is 42.2 Å². The Balaban J connectivity index is 1.41. The highest BCUT2D eigenvalue weighted by Crippen LogP contribution is 2.26. The van der Waals surface area contributed by atoms with Crippen molar-refractivity contribution in [3.8, 4) is 16.9 Å². The maximum absolute atomic E-state index is 12.6. The average molecular weight is 533 g/mol.